The molecule has 1 aliphatic heterocycles. The summed E-state index contributed by atoms with van der Waals surface area (Å²) in [5, 5.41) is 9.19. The van der Waals surface area contributed by atoms with Crippen molar-refractivity contribution in [1.29, 1.82) is 0 Å². The molecule has 34 heavy (non-hydrogen) atoms. The van der Waals surface area contributed by atoms with E-state index < -0.39 is 0 Å². The molecule has 4 saturated carbocycles. The lowest BCUT2D eigenvalue weighted by Crippen LogP contribution is -2.62. The van der Waals surface area contributed by atoms with E-state index in [1.807, 2.05) is 20.0 Å². The highest BCUT2D eigenvalue weighted by Crippen LogP contribution is 2.60. The van der Waals surface area contributed by atoms with Gasteiger partial charge in [0.2, 0.25) is 5.91 Å². The van der Waals surface area contributed by atoms with Gasteiger partial charge in [0, 0.05) is 46.3 Å². The number of rotatable bonds is 4. The Bertz CT molecular complexity index is 1210. The Hall–Kier alpha value is -2.25. The number of carbonyl (C=O) groups excluding carboxylic acids is 2. The van der Waals surface area contributed by atoms with E-state index >= 15 is 0 Å². The highest BCUT2D eigenvalue weighted by molar-refractivity contribution is 6.35. The molecule has 2 heterocycles. The van der Waals surface area contributed by atoms with Crippen LogP contribution in [0.3, 0.4) is 0 Å². The number of amides is 2. The van der Waals surface area contributed by atoms with Crippen LogP contribution in [0.5, 0.6) is 0 Å². The number of nitrogens with two attached hydrogens (primary N) is 1. The fourth-order valence-electron chi connectivity index (χ4n) is 7.64. The Morgan fingerprint density at radius 1 is 1.18 bits per heavy atom. The average Bonchev–Trinajstić information content (AvgIpc) is 3.30. The van der Waals surface area contributed by atoms with E-state index in [0.29, 0.717) is 33.5 Å². The number of halogens is 2. The lowest BCUT2D eigenvalue weighted by atomic mass is 9.47. The average molecular weight is 502 g/mol. The van der Waals surface area contributed by atoms with Crippen LogP contribution >= 0.6 is 23.2 Å². The van der Waals surface area contributed by atoms with Crippen LogP contribution < -0.4 is 16.0 Å². The molecule has 7 nitrogen and oxygen atoms in total. The van der Waals surface area contributed by atoms with E-state index in [4.69, 9.17) is 28.9 Å². The number of hydrogen-bond donors (Lipinski definition) is 2. The molecular weight excluding hydrogens is 473 g/mol. The summed E-state index contributed by atoms with van der Waals surface area (Å²) < 4.78 is 1.77. The summed E-state index contributed by atoms with van der Waals surface area (Å²) in [6.45, 7) is 2.69. The zero-order valence-electron chi connectivity index (χ0n) is 19.4. The molecule has 0 radical (unpaired) electrons. The molecular formula is C25H29Cl2N5O2. The van der Waals surface area contributed by atoms with Gasteiger partial charge in [0.15, 0.2) is 5.69 Å². The molecule has 4 fully saturated rings. The largest absolute Gasteiger partial charge is 0.369 e. The van der Waals surface area contributed by atoms with Crippen LogP contribution in [-0.2, 0) is 18.3 Å². The van der Waals surface area contributed by atoms with E-state index in [-0.39, 0.29) is 23.3 Å². The Morgan fingerprint density at radius 2 is 1.88 bits per heavy atom. The van der Waals surface area contributed by atoms with Crippen molar-refractivity contribution in [1.82, 2.24) is 15.1 Å². The maximum atomic E-state index is 13.5. The summed E-state index contributed by atoms with van der Waals surface area (Å²) in [7, 11) is 1.86. The van der Waals surface area contributed by atoms with Gasteiger partial charge < -0.3 is 16.0 Å². The number of nitrogens with zero attached hydrogens (tertiary/aromatic N) is 3. The van der Waals surface area contributed by atoms with Gasteiger partial charge in [0.05, 0.1) is 0 Å². The van der Waals surface area contributed by atoms with Crippen LogP contribution in [0.2, 0.25) is 10.0 Å². The SMILES string of the molecule is Cc1c(C(=O)NC2C3CC4CC2CC(C(N)=O)(C4)C3)nn(C)c1N1CCc2c(Cl)cc(Cl)cc21. The van der Waals surface area contributed by atoms with E-state index in [0.717, 1.165) is 67.7 Å². The molecule has 1 aromatic carbocycles. The molecule has 9 heteroatoms. The van der Waals surface area contributed by atoms with Crippen LogP contribution in [0, 0.1) is 30.1 Å². The molecule has 0 saturated heterocycles. The maximum Gasteiger partial charge on any atom is 0.272 e. The first-order valence-electron chi connectivity index (χ1n) is 12.1. The van der Waals surface area contributed by atoms with Crippen molar-refractivity contribution in [3.05, 3.63) is 39.0 Å². The maximum absolute atomic E-state index is 13.5. The minimum Gasteiger partial charge on any atom is -0.369 e. The van der Waals surface area contributed by atoms with Gasteiger partial charge in [-0.15, -0.1) is 0 Å². The topological polar surface area (TPSA) is 93.2 Å². The second-order valence-electron chi connectivity index (χ2n) is 10.8. The van der Waals surface area contributed by atoms with E-state index in [2.05, 4.69) is 15.3 Å². The lowest BCUT2D eigenvalue weighted by Gasteiger charge is -2.58. The number of hydrogen-bond acceptors (Lipinski definition) is 4. The molecule has 5 aliphatic rings. The predicted octanol–water partition coefficient (Wildman–Crippen LogP) is 4.14. The third-order valence-corrected chi connectivity index (χ3v) is 9.38. The van der Waals surface area contributed by atoms with Gasteiger partial charge in [0.1, 0.15) is 5.82 Å². The third-order valence-electron chi connectivity index (χ3n) is 8.82. The van der Waals surface area contributed by atoms with Crippen molar-refractivity contribution in [3.8, 4) is 0 Å². The van der Waals surface area contributed by atoms with Crippen LogP contribution in [-0.4, -0.2) is 34.2 Å². The number of benzene rings is 1. The van der Waals surface area contributed by atoms with Crippen LogP contribution in [0.1, 0.15) is 53.7 Å². The molecule has 180 valence electrons. The van der Waals surface area contributed by atoms with E-state index in [1.165, 1.54) is 0 Å². The van der Waals surface area contributed by atoms with Gasteiger partial charge in [-0.05, 0) is 80.9 Å². The van der Waals surface area contributed by atoms with E-state index in [1.54, 1.807) is 10.7 Å². The second-order valence-corrected chi connectivity index (χ2v) is 11.7. The zero-order valence-corrected chi connectivity index (χ0v) is 20.9. The first kappa shape index (κ1) is 22.2. The van der Waals surface area contributed by atoms with Crippen molar-refractivity contribution >= 4 is 46.5 Å². The fourth-order valence-corrected chi connectivity index (χ4v) is 8.21. The van der Waals surface area contributed by atoms with Crippen LogP contribution in [0.25, 0.3) is 0 Å². The predicted molar refractivity (Wildman–Crippen MR) is 132 cm³/mol. The number of nitrogens with one attached hydrogen (secondary N) is 1. The molecule has 2 amide bonds. The minimum absolute atomic E-state index is 0.0755. The lowest BCUT2D eigenvalue weighted by molar-refractivity contribution is -0.145. The van der Waals surface area contributed by atoms with E-state index in [9.17, 15) is 9.59 Å². The van der Waals surface area contributed by atoms with Crippen LogP contribution in [0.4, 0.5) is 11.5 Å². The summed E-state index contributed by atoms with van der Waals surface area (Å²) >= 11 is 12.7. The normalized spacial score (nSPS) is 31.1. The summed E-state index contributed by atoms with van der Waals surface area (Å²) in [4.78, 5) is 27.9. The van der Waals surface area contributed by atoms with Gasteiger partial charge in [-0.2, -0.15) is 5.10 Å². The number of carbonyl (C=O) groups is 2. The van der Waals surface area contributed by atoms with Crippen molar-refractivity contribution < 1.29 is 9.59 Å². The van der Waals surface area contributed by atoms with Crippen molar-refractivity contribution in [2.75, 3.05) is 11.4 Å². The Morgan fingerprint density at radius 3 is 2.56 bits per heavy atom. The highest BCUT2D eigenvalue weighted by atomic mass is 35.5. The number of aromatic nitrogens is 2. The number of primary amides is 1. The zero-order chi connectivity index (χ0) is 23.9. The third kappa shape index (κ3) is 3.19. The summed E-state index contributed by atoms with van der Waals surface area (Å²) in [6.07, 6.45) is 5.44. The van der Waals surface area contributed by atoms with Crippen LogP contribution in [0.15, 0.2) is 12.1 Å². The number of anilines is 2. The minimum atomic E-state index is -0.364. The smallest absolute Gasteiger partial charge is 0.272 e. The molecule has 2 unspecified atom stereocenters. The molecule has 2 aromatic rings. The monoisotopic (exact) mass is 501 g/mol. The molecule has 1 aromatic heterocycles. The fraction of sp³-hybridized carbons (Fsp3) is 0.560. The second kappa shape index (κ2) is 7.62. The first-order chi connectivity index (χ1) is 16.2. The van der Waals surface area contributed by atoms with Crippen molar-refractivity contribution in [2.45, 2.75) is 51.5 Å². The Kier molecular flexibility index (Phi) is 4.98. The Labute approximate surface area is 208 Å². The van der Waals surface area contributed by atoms with Gasteiger partial charge in [-0.1, -0.05) is 23.2 Å². The molecule has 2 atom stereocenters. The highest BCUT2D eigenvalue weighted by Gasteiger charge is 2.58. The summed E-state index contributed by atoms with van der Waals surface area (Å²) in [6, 6.07) is 3.77. The molecule has 4 bridgehead atoms. The quantitative estimate of drug-likeness (QED) is 0.658. The van der Waals surface area contributed by atoms with Gasteiger partial charge in [-0.25, -0.2) is 0 Å². The van der Waals surface area contributed by atoms with Gasteiger partial charge in [0.25, 0.3) is 5.91 Å². The van der Waals surface area contributed by atoms with Gasteiger partial charge >= 0.3 is 0 Å². The van der Waals surface area contributed by atoms with Crippen molar-refractivity contribution in [2.24, 2.45) is 36.0 Å². The number of fused-ring (bicyclic) bond motifs is 1. The van der Waals surface area contributed by atoms with Gasteiger partial charge in [-0.3, -0.25) is 14.3 Å². The standard InChI is InChI=1S/C25H29Cl2N5O2/c1-12-20(30-31(2)23(12)32-4-3-17-18(27)7-16(26)8-19(17)32)22(33)29-21-14-5-13-6-15(21)11-25(9-13,10-14)24(28)34/h7-8,13-15,21H,3-6,9-11H2,1-2H3,(H2,28,34)(H,29,33). The summed E-state index contributed by atoms with van der Waals surface area (Å²) in [5.74, 6) is 1.73. The molecule has 7 rings (SSSR count). The van der Waals surface area contributed by atoms with Crippen molar-refractivity contribution in [3.63, 3.8) is 0 Å². The molecule has 0 spiro atoms. The number of aryl methyl sites for hydroxylation is 1. The first-order valence-corrected chi connectivity index (χ1v) is 12.8. The molecule has 3 N–H and O–H groups in total. The Balaban J connectivity index is 1.26. The molecule has 4 aliphatic carbocycles. The summed E-state index contributed by atoms with van der Waals surface area (Å²) in [5.41, 5.74) is 8.76.